The molecule has 0 amide bonds. The summed E-state index contributed by atoms with van der Waals surface area (Å²) >= 11 is 0. The molecule has 2 saturated heterocycles. The van der Waals surface area contributed by atoms with Gasteiger partial charge in [0.25, 0.3) is 0 Å². The highest BCUT2D eigenvalue weighted by molar-refractivity contribution is 4.86. The number of hydrogen-bond acceptors (Lipinski definition) is 2. The van der Waals surface area contributed by atoms with Crippen LogP contribution in [0.1, 0.15) is 38.5 Å². The van der Waals surface area contributed by atoms with E-state index in [4.69, 9.17) is 0 Å². The van der Waals surface area contributed by atoms with Crippen molar-refractivity contribution in [2.45, 2.75) is 44.6 Å². The minimum absolute atomic E-state index is 0.910. The standard InChI is InChI=1S/C13H24N2/c1-2-7-15-9-8-14(11-13(15)6-1)10-12-4-3-5-12/h12-13H,1-11H2. The molecule has 0 spiro atoms. The van der Waals surface area contributed by atoms with Gasteiger partial charge >= 0.3 is 0 Å². The molecule has 2 heterocycles. The third-order valence-electron chi connectivity index (χ3n) is 4.66. The molecule has 1 atom stereocenters. The zero-order valence-electron chi connectivity index (χ0n) is 9.83. The second-order valence-electron chi connectivity index (χ2n) is 5.74. The molecule has 86 valence electrons. The Morgan fingerprint density at radius 3 is 2.60 bits per heavy atom. The quantitative estimate of drug-likeness (QED) is 0.684. The molecule has 3 fully saturated rings. The molecular formula is C13H24N2. The predicted molar refractivity (Wildman–Crippen MR) is 63.0 cm³/mol. The fraction of sp³-hybridized carbons (Fsp3) is 1.00. The van der Waals surface area contributed by atoms with E-state index >= 15 is 0 Å². The van der Waals surface area contributed by atoms with Gasteiger partial charge in [0, 0.05) is 32.2 Å². The van der Waals surface area contributed by atoms with Gasteiger partial charge in [-0.15, -0.1) is 0 Å². The van der Waals surface area contributed by atoms with E-state index < -0.39 is 0 Å². The first-order valence-corrected chi connectivity index (χ1v) is 6.88. The van der Waals surface area contributed by atoms with Gasteiger partial charge in [-0.2, -0.15) is 0 Å². The fourth-order valence-electron chi connectivity index (χ4n) is 3.43. The van der Waals surface area contributed by atoms with Gasteiger partial charge in [0.15, 0.2) is 0 Å². The first-order valence-electron chi connectivity index (χ1n) is 6.88. The highest BCUT2D eigenvalue weighted by Crippen LogP contribution is 2.29. The maximum atomic E-state index is 2.75. The van der Waals surface area contributed by atoms with Crippen molar-refractivity contribution in [2.24, 2.45) is 5.92 Å². The van der Waals surface area contributed by atoms with E-state index in [-0.39, 0.29) is 0 Å². The molecule has 0 bridgehead atoms. The number of piperazine rings is 1. The van der Waals surface area contributed by atoms with E-state index in [0.717, 1.165) is 12.0 Å². The van der Waals surface area contributed by atoms with Crippen LogP contribution in [-0.4, -0.2) is 48.6 Å². The third kappa shape index (κ3) is 2.21. The van der Waals surface area contributed by atoms with E-state index in [9.17, 15) is 0 Å². The molecule has 15 heavy (non-hydrogen) atoms. The Balaban J connectivity index is 1.50. The summed E-state index contributed by atoms with van der Waals surface area (Å²) in [5.74, 6) is 1.06. The van der Waals surface area contributed by atoms with E-state index in [1.807, 2.05) is 0 Å². The Bertz CT molecular complexity index is 213. The lowest BCUT2D eigenvalue weighted by Gasteiger charge is -2.45. The number of fused-ring (bicyclic) bond motifs is 1. The van der Waals surface area contributed by atoms with Crippen molar-refractivity contribution in [3.8, 4) is 0 Å². The minimum atomic E-state index is 0.910. The van der Waals surface area contributed by atoms with Crippen molar-refractivity contribution in [3.63, 3.8) is 0 Å². The highest BCUT2D eigenvalue weighted by Gasteiger charge is 2.30. The average Bonchev–Trinajstić information content (AvgIpc) is 2.23. The summed E-state index contributed by atoms with van der Waals surface area (Å²) in [6.07, 6.45) is 8.88. The molecule has 2 aliphatic heterocycles. The third-order valence-corrected chi connectivity index (χ3v) is 4.66. The molecule has 3 aliphatic rings. The zero-order chi connectivity index (χ0) is 10.1. The summed E-state index contributed by atoms with van der Waals surface area (Å²) in [5, 5.41) is 0. The lowest BCUT2D eigenvalue weighted by molar-refractivity contribution is 0.0345. The molecule has 0 aromatic rings. The Morgan fingerprint density at radius 2 is 1.80 bits per heavy atom. The molecule has 2 nitrogen and oxygen atoms in total. The summed E-state index contributed by atoms with van der Waals surface area (Å²) in [4.78, 5) is 5.48. The SMILES string of the molecule is C1CC(CN2CCN3CCCCC3C2)C1. The first-order chi connectivity index (χ1) is 7.42. The van der Waals surface area contributed by atoms with Crippen molar-refractivity contribution < 1.29 is 0 Å². The van der Waals surface area contributed by atoms with Crippen molar-refractivity contribution in [1.29, 1.82) is 0 Å². The first kappa shape index (κ1) is 10.1. The maximum absolute atomic E-state index is 2.75. The highest BCUT2D eigenvalue weighted by atomic mass is 15.3. The van der Waals surface area contributed by atoms with Crippen LogP contribution in [0, 0.1) is 5.92 Å². The average molecular weight is 208 g/mol. The minimum Gasteiger partial charge on any atom is -0.300 e. The van der Waals surface area contributed by atoms with Crippen LogP contribution in [0.15, 0.2) is 0 Å². The van der Waals surface area contributed by atoms with E-state index in [1.54, 1.807) is 0 Å². The Labute approximate surface area is 93.6 Å². The van der Waals surface area contributed by atoms with Gasteiger partial charge in [-0.05, 0) is 38.1 Å². The van der Waals surface area contributed by atoms with Gasteiger partial charge in [-0.1, -0.05) is 12.8 Å². The molecule has 0 N–H and O–H groups in total. The zero-order valence-corrected chi connectivity index (χ0v) is 9.83. The van der Waals surface area contributed by atoms with Crippen LogP contribution in [-0.2, 0) is 0 Å². The Morgan fingerprint density at radius 1 is 0.867 bits per heavy atom. The van der Waals surface area contributed by atoms with E-state index in [0.29, 0.717) is 0 Å². The predicted octanol–water partition coefficient (Wildman–Crippen LogP) is 1.96. The van der Waals surface area contributed by atoms with E-state index in [1.165, 1.54) is 71.2 Å². The molecule has 0 aromatic heterocycles. The summed E-state index contributed by atoms with van der Waals surface area (Å²) in [6, 6.07) is 0.910. The maximum Gasteiger partial charge on any atom is 0.0223 e. The topological polar surface area (TPSA) is 6.48 Å². The lowest BCUT2D eigenvalue weighted by Crippen LogP contribution is -2.55. The molecule has 1 saturated carbocycles. The van der Waals surface area contributed by atoms with E-state index in [2.05, 4.69) is 9.80 Å². The summed E-state index contributed by atoms with van der Waals surface area (Å²) in [7, 11) is 0. The number of nitrogens with zero attached hydrogens (tertiary/aromatic N) is 2. The van der Waals surface area contributed by atoms with Crippen molar-refractivity contribution in [2.75, 3.05) is 32.7 Å². The number of hydrogen-bond donors (Lipinski definition) is 0. The molecule has 1 unspecified atom stereocenters. The molecule has 0 aromatic carbocycles. The number of rotatable bonds is 2. The number of piperidine rings is 1. The Hall–Kier alpha value is -0.0800. The molecule has 1 aliphatic carbocycles. The van der Waals surface area contributed by atoms with Crippen LogP contribution in [0.3, 0.4) is 0 Å². The summed E-state index contributed by atoms with van der Waals surface area (Å²) in [5.41, 5.74) is 0. The summed E-state index contributed by atoms with van der Waals surface area (Å²) < 4.78 is 0. The van der Waals surface area contributed by atoms with Crippen LogP contribution in [0.4, 0.5) is 0 Å². The van der Waals surface area contributed by atoms with Gasteiger partial charge in [-0.3, -0.25) is 4.90 Å². The van der Waals surface area contributed by atoms with Gasteiger partial charge in [0.1, 0.15) is 0 Å². The monoisotopic (exact) mass is 208 g/mol. The second-order valence-corrected chi connectivity index (χ2v) is 5.74. The van der Waals surface area contributed by atoms with Gasteiger partial charge in [0.2, 0.25) is 0 Å². The lowest BCUT2D eigenvalue weighted by atomic mass is 9.84. The van der Waals surface area contributed by atoms with Gasteiger partial charge in [-0.25, -0.2) is 0 Å². The fourth-order valence-corrected chi connectivity index (χ4v) is 3.43. The van der Waals surface area contributed by atoms with Gasteiger partial charge < -0.3 is 4.90 Å². The molecular weight excluding hydrogens is 184 g/mol. The van der Waals surface area contributed by atoms with Crippen LogP contribution in [0.2, 0.25) is 0 Å². The second kappa shape index (κ2) is 4.42. The Kier molecular flexibility index (Phi) is 2.98. The van der Waals surface area contributed by atoms with Crippen LogP contribution >= 0.6 is 0 Å². The van der Waals surface area contributed by atoms with Crippen LogP contribution in [0.5, 0.6) is 0 Å². The largest absolute Gasteiger partial charge is 0.300 e. The van der Waals surface area contributed by atoms with Crippen molar-refractivity contribution >= 4 is 0 Å². The molecule has 2 heteroatoms. The van der Waals surface area contributed by atoms with Crippen molar-refractivity contribution in [3.05, 3.63) is 0 Å². The smallest absolute Gasteiger partial charge is 0.0223 e. The van der Waals surface area contributed by atoms with Crippen LogP contribution < -0.4 is 0 Å². The normalized spacial score (nSPS) is 34.8. The summed E-state index contributed by atoms with van der Waals surface area (Å²) in [6.45, 7) is 6.84. The molecule has 3 rings (SSSR count). The van der Waals surface area contributed by atoms with Crippen molar-refractivity contribution in [1.82, 2.24) is 9.80 Å². The van der Waals surface area contributed by atoms with Crippen LogP contribution in [0.25, 0.3) is 0 Å². The van der Waals surface area contributed by atoms with Gasteiger partial charge in [0.05, 0.1) is 0 Å². The molecule has 0 radical (unpaired) electrons.